The average molecular weight is 389 g/mol. The Morgan fingerprint density at radius 1 is 1.12 bits per heavy atom. The van der Waals surface area contributed by atoms with Gasteiger partial charge in [0.2, 0.25) is 0 Å². The molecule has 5 heteroatoms. The van der Waals surface area contributed by atoms with Crippen LogP contribution >= 0.6 is 15.9 Å². The van der Waals surface area contributed by atoms with Gasteiger partial charge in [-0.1, -0.05) is 25.5 Å². The van der Waals surface area contributed by atoms with Crippen LogP contribution in [0.2, 0.25) is 0 Å². The number of nitrogens with one attached hydrogen (secondary N) is 1. The summed E-state index contributed by atoms with van der Waals surface area (Å²) in [6, 6.07) is 12.0. The molecule has 1 aromatic heterocycles. The molecule has 0 bridgehead atoms. The number of imidazole rings is 1. The van der Waals surface area contributed by atoms with E-state index in [4.69, 9.17) is 9.47 Å². The monoisotopic (exact) mass is 388 g/mol. The molecule has 0 atom stereocenters. The van der Waals surface area contributed by atoms with Crippen molar-refractivity contribution in [1.82, 2.24) is 9.97 Å². The second-order valence-electron chi connectivity index (χ2n) is 5.52. The predicted octanol–water partition coefficient (Wildman–Crippen LogP) is 5.57. The van der Waals surface area contributed by atoms with E-state index in [1.54, 1.807) is 0 Å². The molecule has 126 valence electrons. The fraction of sp³-hybridized carbons (Fsp3) is 0.316. The zero-order valence-corrected chi connectivity index (χ0v) is 15.5. The largest absolute Gasteiger partial charge is 0.490 e. The third-order valence-corrected chi connectivity index (χ3v) is 4.31. The second-order valence-corrected chi connectivity index (χ2v) is 6.38. The molecule has 3 aromatic rings. The van der Waals surface area contributed by atoms with E-state index >= 15 is 0 Å². The maximum atomic E-state index is 5.91. The van der Waals surface area contributed by atoms with Crippen molar-refractivity contribution in [3.63, 3.8) is 0 Å². The van der Waals surface area contributed by atoms with E-state index in [0.29, 0.717) is 13.2 Å². The highest BCUT2D eigenvalue weighted by Gasteiger charge is 2.15. The fourth-order valence-corrected chi connectivity index (χ4v) is 3.07. The minimum Gasteiger partial charge on any atom is -0.490 e. The molecule has 0 aliphatic carbocycles. The molecule has 0 unspecified atom stereocenters. The van der Waals surface area contributed by atoms with Crippen LogP contribution in [-0.4, -0.2) is 23.2 Å². The molecule has 2 aromatic carbocycles. The van der Waals surface area contributed by atoms with Gasteiger partial charge >= 0.3 is 0 Å². The molecule has 0 fully saturated rings. The minimum absolute atomic E-state index is 0.583. The molecule has 0 amide bonds. The smallest absolute Gasteiger partial charge is 0.175 e. The number of ether oxygens (including phenoxy) is 2. The summed E-state index contributed by atoms with van der Waals surface area (Å²) in [5.74, 6) is 2.31. The van der Waals surface area contributed by atoms with Crippen molar-refractivity contribution in [2.45, 2.75) is 26.7 Å². The molecule has 0 saturated heterocycles. The van der Waals surface area contributed by atoms with Crippen LogP contribution in [0.15, 0.2) is 40.9 Å². The molecule has 24 heavy (non-hydrogen) atoms. The molecular weight excluding hydrogens is 368 g/mol. The van der Waals surface area contributed by atoms with Crippen LogP contribution in [0.3, 0.4) is 0 Å². The quantitative estimate of drug-likeness (QED) is 0.538. The maximum absolute atomic E-state index is 5.91. The Labute approximate surface area is 150 Å². The molecule has 1 N–H and O–H groups in total. The number of aromatic nitrogens is 2. The first kappa shape index (κ1) is 16.8. The number of hydrogen-bond donors (Lipinski definition) is 1. The fourth-order valence-electron chi connectivity index (χ4n) is 2.52. The third kappa shape index (κ3) is 3.56. The summed E-state index contributed by atoms with van der Waals surface area (Å²) in [5, 5.41) is 0. The summed E-state index contributed by atoms with van der Waals surface area (Å²) in [7, 11) is 0. The van der Waals surface area contributed by atoms with Crippen LogP contribution < -0.4 is 9.47 Å². The van der Waals surface area contributed by atoms with Gasteiger partial charge in [0.1, 0.15) is 5.82 Å². The predicted molar refractivity (Wildman–Crippen MR) is 101 cm³/mol. The van der Waals surface area contributed by atoms with Crippen molar-refractivity contribution in [3.8, 4) is 22.9 Å². The molecular formula is C19H21BrN2O2. The van der Waals surface area contributed by atoms with Gasteiger partial charge in [0.25, 0.3) is 0 Å². The van der Waals surface area contributed by atoms with Gasteiger partial charge in [-0.05, 0) is 53.5 Å². The highest BCUT2D eigenvalue weighted by molar-refractivity contribution is 9.10. The number of H-pyrrole nitrogens is 1. The Morgan fingerprint density at radius 2 is 1.96 bits per heavy atom. The van der Waals surface area contributed by atoms with Crippen LogP contribution in [0, 0.1) is 0 Å². The molecule has 0 aliphatic rings. The van der Waals surface area contributed by atoms with E-state index < -0.39 is 0 Å². The molecule has 0 radical (unpaired) electrons. The van der Waals surface area contributed by atoms with Crippen molar-refractivity contribution in [2.24, 2.45) is 0 Å². The number of rotatable bonds is 7. The lowest BCUT2D eigenvalue weighted by Gasteiger charge is -2.14. The van der Waals surface area contributed by atoms with Crippen LogP contribution in [0.4, 0.5) is 0 Å². The first-order valence-corrected chi connectivity index (χ1v) is 9.06. The van der Waals surface area contributed by atoms with Gasteiger partial charge in [-0.2, -0.15) is 0 Å². The molecule has 0 saturated carbocycles. The van der Waals surface area contributed by atoms with Crippen molar-refractivity contribution < 1.29 is 9.47 Å². The van der Waals surface area contributed by atoms with Crippen LogP contribution in [0.5, 0.6) is 11.5 Å². The Bertz CT molecular complexity index is 796. The summed E-state index contributed by atoms with van der Waals surface area (Å²) < 4.78 is 12.6. The zero-order chi connectivity index (χ0) is 16.9. The van der Waals surface area contributed by atoms with Crippen molar-refractivity contribution in [1.29, 1.82) is 0 Å². The summed E-state index contributed by atoms with van der Waals surface area (Å²) >= 11 is 3.61. The van der Waals surface area contributed by atoms with E-state index in [1.807, 2.05) is 43.3 Å². The topological polar surface area (TPSA) is 47.1 Å². The Morgan fingerprint density at radius 3 is 2.71 bits per heavy atom. The van der Waals surface area contributed by atoms with E-state index in [2.05, 4.69) is 32.8 Å². The Kier molecular flexibility index (Phi) is 5.41. The molecule has 4 nitrogen and oxygen atoms in total. The Balaban J connectivity index is 1.99. The van der Waals surface area contributed by atoms with Crippen LogP contribution in [-0.2, 0) is 0 Å². The maximum Gasteiger partial charge on any atom is 0.175 e. The second kappa shape index (κ2) is 7.71. The highest BCUT2D eigenvalue weighted by Crippen LogP contribution is 2.39. The van der Waals surface area contributed by atoms with E-state index in [0.717, 1.165) is 51.2 Å². The first-order chi connectivity index (χ1) is 11.7. The van der Waals surface area contributed by atoms with Gasteiger partial charge in [-0.3, -0.25) is 0 Å². The third-order valence-electron chi connectivity index (χ3n) is 3.72. The number of unbranched alkanes of at least 4 members (excludes halogenated alkanes) is 1. The van der Waals surface area contributed by atoms with Crippen molar-refractivity contribution in [3.05, 3.63) is 40.9 Å². The van der Waals surface area contributed by atoms with Crippen molar-refractivity contribution in [2.75, 3.05) is 13.2 Å². The number of nitrogens with zero attached hydrogens (tertiary/aromatic N) is 1. The number of benzene rings is 2. The molecule has 1 heterocycles. The standard InChI is InChI=1S/C19H21BrN2O2/c1-3-5-10-24-18-14(20)11-13(12-17(18)23-4-2)19-21-15-8-6-7-9-16(15)22-19/h6-9,11-12H,3-5,10H2,1-2H3,(H,21,22). The number of halogens is 1. The van der Waals surface area contributed by atoms with Gasteiger partial charge in [-0.25, -0.2) is 4.98 Å². The van der Waals surface area contributed by atoms with Crippen LogP contribution in [0.25, 0.3) is 22.4 Å². The number of para-hydroxylation sites is 2. The zero-order valence-electron chi connectivity index (χ0n) is 13.9. The summed E-state index contributed by atoms with van der Waals surface area (Å²) in [6.45, 7) is 5.38. The van der Waals surface area contributed by atoms with Gasteiger partial charge in [-0.15, -0.1) is 0 Å². The lowest BCUT2D eigenvalue weighted by Crippen LogP contribution is -2.02. The Hall–Kier alpha value is -2.01. The summed E-state index contributed by atoms with van der Waals surface area (Å²) in [4.78, 5) is 8.01. The summed E-state index contributed by atoms with van der Waals surface area (Å²) in [5.41, 5.74) is 2.93. The number of hydrogen-bond acceptors (Lipinski definition) is 3. The van der Waals surface area contributed by atoms with Gasteiger partial charge < -0.3 is 14.5 Å². The first-order valence-electron chi connectivity index (χ1n) is 8.27. The number of fused-ring (bicyclic) bond motifs is 1. The van der Waals surface area contributed by atoms with E-state index in [9.17, 15) is 0 Å². The average Bonchev–Trinajstić information content (AvgIpc) is 3.01. The van der Waals surface area contributed by atoms with E-state index in [1.165, 1.54) is 0 Å². The van der Waals surface area contributed by atoms with Crippen molar-refractivity contribution >= 4 is 27.0 Å². The van der Waals surface area contributed by atoms with Gasteiger partial charge in [0.05, 0.1) is 28.7 Å². The molecule has 3 rings (SSSR count). The van der Waals surface area contributed by atoms with Crippen LogP contribution in [0.1, 0.15) is 26.7 Å². The molecule has 0 aliphatic heterocycles. The number of aromatic amines is 1. The lowest BCUT2D eigenvalue weighted by molar-refractivity contribution is 0.271. The SMILES string of the molecule is CCCCOc1c(Br)cc(-c2nc3ccccc3[nH]2)cc1OCC. The van der Waals surface area contributed by atoms with E-state index in [-0.39, 0.29) is 0 Å². The minimum atomic E-state index is 0.583. The highest BCUT2D eigenvalue weighted by atomic mass is 79.9. The van der Waals surface area contributed by atoms with Gasteiger partial charge in [0, 0.05) is 5.56 Å². The summed E-state index contributed by atoms with van der Waals surface area (Å²) in [6.07, 6.45) is 2.11. The molecule has 0 spiro atoms. The van der Waals surface area contributed by atoms with Gasteiger partial charge in [0.15, 0.2) is 11.5 Å². The lowest BCUT2D eigenvalue weighted by atomic mass is 10.2. The normalized spacial score (nSPS) is 11.0.